The third-order valence-corrected chi connectivity index (χ3v) is 2.27. The van der Waals surface area contributed by atoms with Gasteiger partial charge in [-0.15, -0.1) is 0 Å². The SMILES string of the molecule is CCCOc1ccc(/C=C/C(=O)NO)cc1OCC. The standard InChI is InChI=1S/C14H19NO4/c1-3-9-19-12-7-5-11(6-8-14(16)15-17)10-13(12)18-4-2/h5-8,10,17H,3-4,9H2,1-2H3,(H,15,16)/b8-6+. The molecule has 1 aromatic carbocycles. The number of benzene rings is 1. The van der Waals surface area contributed by atoms with E-state index in [-0.39, 0.29) is 0 Å². The molecule has 0 heterocycles. The Hall–Kier alpha value is -2.01. The van der Waals surface area contributed by atoms with E-state index in [0.29, 0.717) is 24.7 Å². The van der Waals surface area contributed by atoms with Gasteiger partial charge in [0.15, 0.2) is 11.5 Å². The van der Waals surface area contributed by atoms with Gasteiger partial charge in [-0.2, -0.15) is 0 Å². The Morgan fingerprint density at radius 3 is 2.74 bits per heavy atom. The van der Waals surface area contributed by atoms with Gasteiger partial charge in [0.2, 0.25) is 0 Å². The smallest absolute Gasteiger partial charge is 0.267 e. The van der Waals surface area contributed by atoms with Crippen LogP contribution in [0.5, 0.6) is 11.5 Å². The van der Waals surface area contributed by atoms with Crippen molar-refractivity contribution in [3.63, 3.8) is 0 Å². The average Bonchev–Trinajstić information content (AvgIpc) is 2.44. The number of ether oxygens (including phenoxy) is 2. The van der Waals surface area contributed by atoms with E-state index in [1.54, 1.807) is 18.2 Å². The monoisotopic (exact) mass is 265 g/mol. The Bertz CT molecular complexity index is 443. The fraction of sp³-hybridized carbons (Fsp3) is 0.357. The molecule has 0 atom stereocenters. The van der Waals surface area contributed by atoms with Crippen LogP contribution in [-0.4, -0.2) is 24.3 Å². The van der Waals surface area contributed by atoms with E-state index >= 15 is 0 Å². The lowest BCUT2D eigenvalue weighted by Crippen LogP contribution is -2.14. The van der Waals surface area contributed by atoms with E-state index < -0.39 is 5.91 Å². The summed E-state index contributed by atoms with van der Waals surface area (Å²) < 4.78 is 11.1. The molecule has 0 aliphatic heterocycles. The van der Waals surface area contributed by atoms with Crippen LogP contribution in [0.25, 0.3) is 6.08 Å². The summed E-state index contributed by atoms with van der Waals surface area (Å²) in [4.78, 5) is 10.9. The molecule has 5 heteroatoms. The van der Waals surface area contributed by atoms with Crippen LogP contribution < -0.4 is 15.0 Å². The number of nitrogens with one attached hydrogen (secondary N) is 1. The molecule has 0 fully saturated rings. The van der Waals surface area contributed by atoms with E-state index in [0.717, 1.165) is 12.0 Å². The van der Waals surface area contributed by atoms with Crippen molar-refractivity contribution in [2.45, 2.75) is 20.3 Å². The summed E-state index contributed by atoms with van der Waals surface area (Å²) in [5.41, 5.74) is 2.32. The van der Waals surface area contributed by atoms with Crippen LogP contribution in [0.15, 0.2) is 24.3 Å². The summed E-state index contributed by atoms with van der Waals surface area (Å²) in [6, 6.07) is 5.40. The van der Waals surface area contributed by atoms with Gasteiger partial charge in [0.05, 0.1) is 13.2 Å². The summed E-state index contributed by atoms with van der Waals surface area (Å²) in [6.45, 7) is 5.09. The second-order valence-corrected chi connectivity index (χ2v) is 3.80. The maximum atomic E-state index is 10.9. The number of carbonyl (C=O) groups is 1. The Kier molecular flexibility index (Phi) is 6.46. The molecule has 5 nitrogen and oxygen atoms in total. The first-order valence-corrected chi connectivity index (χ1v) is 6.23. The topological polar surface area (TPSA) is 67.8 Å². The molecule has 2 N–H and O–H groups in total. The molecule has 104 valence electrons. The molecule has 1 rings (SSSR count). The van der Waals surface area contributed by atoms with Crippen molar-refractivity contribution in [2.75, 3.05) is 13.2 Å². The van der Waals surface area contributed by atoms with E-state index in [4.69, 9.17) is 14.7 Å². The maximum absolute atomic E-state index is 10.9. The minimum atomic E-state index is -0.579. The Balaban J connectivity index is 2.88. The van der Waals surface area contributed by atoms with Crippen molar-refractivity contribution < 1.29 is 19.5 Å². The molecule has 1 aromatic rings. The summed E-state index contributed by atoms with van der Waals surface area (Å²) in [5, 5.41) is 8.40. The zero-order chi connectivity index (χ0) is 14.1. The second kappa shape index (κ2) is 8.16. The van der Waals surface area contributed by atoms with E-state index in [1.165, 1.54) is 11.6 Å². The lowest BCUT2D eigenvalue weighted by molar-refractivity contribution is -0.124. The highest BCUT2D eigenvalue weighted by Crippen LogP contribution is 2.29. The molecule has 0 bridgehead atoms. The second-order valence-electron chi connectivity index (χ2n) is 3.80. The predicted molar refractivity (Wildman–Crippen MR) is 72.4 cm³/mol. The highest BCUT2D eigenvalue weighted by atomic mass is 16.5. The van der Waals surface area contributed by atoms with Gasteiger partial charge in [-0.3, -0.25) is 10.0 Å². The first kappa shape index (κ1) is 15.0. The van der Waals surface area contributed by atoms with Gasteiger partial charge >= 0.3 is 0 Å². The highest BCUT2D eigenvalue weighted by Gasteiger charge is 2.05. The molecule has 0 unspecified atom stereocenters. The summed E-state index contributed by atoms with van der Waals surface area (Å²) in [5.74, 6) is 0.749. The van der Waals surface area contributed by atoms with Crippen molar-refractivity contribution in [3.8, 4) is 11.5 Å². The van der Waals surface area contributed by atoms with Gasteiger partial charge < -0.3 is 9.47 Å². The summed E-state index contributed by atoms with van der Waals surface area (Å²) >= 11 is 0. The fourth-order valence-electron chi connectivity index (χ4n) is 1.44. The fourth-order valence-corrected chi connectivity index (χ4v) is 1.44. The van der Waals surface area contributed by atoms with Crippen LogP contribution in [0.4, 0.5) is 0 Å². The number of carbonyl (C=O) groups excluding carboxylic acids is 1. The lowest BCUT2D eigenvalue weighted by atomic mass is 10.2. The lowest BCUT2D eigenvalue weighted by Gasteiger charge is -2.11. The van der Waals surface area contributed by atoms with E-state index in [2.05, 4.69) is 0 Å². The third-order valence-electron chi connectivity index (χ3n) is 2.27. The van der Waals surface area contributed by atoms with Crippen molar-refractivity contribution in [1.29, 1.82) is 0 Å². The Labute approximate surface area is 112 Å². The molecule has 0 spiro atoms. The molecule has 0 saturated heterocycles. The molecule has 0 aliphatic carbocycles. The largest absolute Gasteiger partial charge is 0.490 e. The van der Waals surface area contributed by atoms with Gasteiger partial charge in [0, 0.05) is 6.08 Å². The van der Waals surface area contributed by atoms with Gasteiger partial charge in [0.25, 0.3) is 5.91 Å². The van der Waals surface area contributed by atoms with Crippen LogP contribution in [-0.2, 0) is 4.79 Å². The number of hydroxylamine groups is 1. The molecular formula is C14H19NO4. The zero-order valence-corrected chi connectivity index (χ0v) is 11.2. The molecule has 0 radical (unpaired) electrons. The highest BCUT2D eigenvalue weighted by molar-refractivity contribution is 5.90. The molecule has 1 amide bonds. The van der Waals surface area contributed by atoms with Crippen LogP contribution >= 0.6 is 0 Å². The number of rotatable bonds is 7. The van der Waals surface area contributed by atoms with Crippen LogP contribution in [0.2, 0.25) is 0 Å². The molecular weight excluding hydrogens is 246 g/mol. The quantitative estimate of drug-likeness (QED) is 0.451. The normalized spacial score (nSPS) is 10.5. The molecule has 0 aromatic heterocycles. The van der Waals surface area contributed by atoms with Crippen LogP contribution in [0.3, 0.4) is 0 Å². The minimum absolute atomic E-state index is 0.535. The Morgan fingerprint density at radius 2 is 2.11 bits per heavy atom. The molecule has 19 heavy (non-hydrogen) atoms. The predicted octanol–water partition coefficient (Wildman–Crippen LogP) is 2.39. The van der Waals surface area contributed by atoms with Crippen molar-refractivity contribution in [3.05, 3.63) is 29.8 Å². The minimum Gasteiger partial charge on any atom is -0.490 e. The van der Waals surface area contributed by atoms with Crippen LogP contribution in [0, 0.1) is 0 Å². The maximum Gasteiger partial charge on any atom is 0.267 e. The van der Waals surface area contributed by atoms with Crippen molar-refractivity contribution >= 4 is 12.0 Å². The third kappa shape index (κ3) is 5.01. The zero-order valence-electron chi connectivity index (χ0n) is 11.2. The number of hydrogen-bond acceptors (Lipinski definition) is 4. The first-order chi connectivity index (χ1) is 9.21. The Morgan fingerprint density at radius 1 is 1.32 bits per heavy atom. The van der Waals surface area contributed by atoms with E-state index in [1.807, 2.05) is 19.9 Å². The summed E-state index contributed by atoms with van der Waals surface area (Å²) in [7, 11) is 0. The number of amides is 1. The van der Waals surface area contributed by atoms with Crippen LogP contribution in [0.1, 0.15) is 25.8 Å². The first-order valence-electron chi connectivity index (χ1n) is 6.23. The van der Waals surface area contributed by atoms with Gasteiger partial charge in [0.1, 0.15) is 0 Å². The van der Waals surface area contributed by atoms with E-state index in [9.17, 15) is 4.79 Å². The average molecular weight is 265 g/mol. The van der Waals surface area contributed by atoms with Gasteiger partial charge in [-0.05, 0) is 37.1 Å². The van der Waals surface area contributed by atoms with Crippen molar-refractivity contribution in [1.82, 2.24) is 5.48 Å². The number of hydrogen-bond donors (Lipinski definition) is 2. The van der Waals surface area contributed by atoms with Gasteiger partial charge in [-0.1, -0.05) is 13.0 Å². The van der Waals surface area contributed by atoms with Gasteiger partial charge in [-0.25, -0.2) is 5.48 Å². The molecule has 0 saturated carbocycles. The van der Waals surface area contributed by atoms with Crippen molar-refractivity contribution in [2.24, 2.45) is 0 Å². The summed E-state index contributed by atoms with van der Waals surface area (Å²) in [6.07, 6.45) is 3.74. The molecule has 0 aliphatic rings.